The molecule has 148 valence electrons. The molecule has 1 heterocycles. The van der Waals surface area contributed by atoms with E-state index in [-0.39, 0.29) is 29.8 Å². The van der Waals surface area contributed by atoms with Gasteiger partial charge in [0.1, 0.15) is 5.82 Å². The Morgan fingerprint density at radius 2 is 1.89 bits per heavy atom. The highest BCUT2D eigenvalue weighted by Crippen LogP contribution is 2.09. The quantitative estimate of drug-likeness (QED) is 0.298. The van der Waals surface area contributed by atoms with Crippen LogP contribution in [0.1, 0.15) is 18.1 Å². The topological polar surface area (TPSA) is 54.2 Å². The largest absolute Gasteiger partial charge is 0.357 e. The molecule has 5 nitrogen and oxygen atoms in total. The molecule has 0 fully saturated rings. The fourth-order valence-electron chi connectivity index (χ4n) is 2.71. The maximum atomic E-state index is 13.2. The van der Waals surface area contributed by atoms with Crippen LogP contribution in [0.3, 0.4) is 0 Å². The number of hydrogen-bond donors (Lipinski definition) is 2. The van der Waals surface area contributed by atoms with Crippen LogP contribution in [0.5, 0.6) is 0 Å². The molecule has 3 rings (SSSR count). The van der Waals surface area contributed by atoms with E-state index in [1.807, 2.05) is 42.1 Å². The van der Waals surface area contributed by atoms with Gasteiger partial charge in [0.2, 0.25) is 0 Å². The van der Waals surface area contributed by atoms with Gasteiger partial charge in [0, 0.05) is 25.5 Å². The fraction of sp³-hybridized carbons (Fsp3) is 0.238. The van der Waals surface area contributed by atoms with Crippen molar-refractivity contribution in [1.82, 2.24) is 20.4 Å². The van der Waals surface area contributed by atoms with Crippen LogP contribution in [-0.4, -0.2) is 28.8 Å². The number of nitrogens with zero attached hydrogens (tertiary/aromatic N) is 3. The van der Waals surface area contributed by atoms with Gasteiger partial charge in [0.25, 0.3) is 0 Å². The highest BCUT2D eigenvalue weighted by Gasteiger charge is 2.01. The Bertz CT molecular complexity index is 863. The minimum Gasteiger partial charge on any atom is -0.357 e. The summed E-state index contributed by atoms with van der Waals surface area (Å²) in [5.41, 5.74) is 3.11. The van der Waals surface area contributed by atoms with Gasteiger partial charge in [-0.15, -0.1) is 24.0 Å². The fourth-order valence-corrected chi connectivity index (χ4v) is 2.71. The molecule has 2 N–H and O–H groups in total. The Hall–Kier alpha value is -2.42. The van der Waals surface area contributed by atoms with Crippen molar-refractivity contribution in [1.29, 1.82) is 0 Å². The third kappa shape index (κ3) is 6.63. The highest BCUT2D eigenvalue weighted by atomic mass is 127. The average Bonchev–Trinajstić information content (AvgIpc) is 3.21. The number of benzene rings is 2. The van der Waals surface area contributed by atoms with Crippen LogP contribution in [0.25, 0.3) is 5.69 Å². The van der Waals surface area contributed by atoms with Crippen molar-refractivity contribution in [2.24, 2.45) is 4.99 Å². The first-order valence-electron chi connectivity index (χ1n) is 9.10. The number of nitrogens with one attached hydrogen (secondary N) is 2. The van der Waals surface area contributed by atoms with Gasteiger partial charge in [-0.3, -0.25) is 0 Å². The first kappa shape index (κ1) is 21.9. The van der Waals surface area contributed by atoms with Gasteiger partial charge < -0.3 is 10.6 Å². The number of hydrogen-bond acceptors (Lipinski definition) is 2. The predicted molar refractivity (Wildman–Crippen MR) is 122 cm³/mol. The third-order valence-electron chi connectivity index (χ3n) is 4.06. The van der Waals surface area contributed by atoms with E-state index >= 15 is 0 Å². The Morgan fingerprint density at radius 1 is 1.07 bits per heavy atom. The molecule has 7 heteroatoms. The smallest absolute Gasteiger partial charge is 0.191 e. The highest BCUT2D eigenvalue weighted by molar-refractivity contribution is 14.0. The number of guanidine groups is 1. The van der Waals surface area contributed by atoms with E-state index < -0.39 is 0 Å². The summed E-state index contributed by atoms with van der Waals surface area (Å²) >= 11 is 0. The molecule has 1 aromatic heterocycles. The van der Waals surface area contributed by atoms with Crippen molar-refractivity contribution in [3.63, 3.8) is 0 Å². The molecule has 0 saturated carbocycles. The standard InChI is InChI=1S/C21H24FN5.HI/c1-2-23-21(24-13-11-17-5-3-6-19(22)15-17)25-16-18-7-9-20(10-8-18)27-14-4-12-26-27;/h3-10,12,14-15H,2,11,13,16H2,1H3,(H2,23,24,25);1H. The SMILES string of the molecule is CCNC(=NCc1ccc(-n2cccn2)cc1)NCCc1cccc(F)c1.I. The van der Waals surface area contributed by atoms with Gasteiger partial charge in [-0.05, 0) is 54.8 Å². The summed E-state index contributed by atoms with van der Waals surface area (Å²) in [6, 6.07) is 16.7. The van der Waals surface area contributed by atoms with E-state index in [9.17, 15) is 4.39 Å². The summed E-state index contributed by atoms with van der Waals surface area (Å²) in [5, 5.41) is 10.8. The normalized spacial score (nSPS) is 11.0. The van der Waals surface area contributed by atoms with E-state index in [0.29, 0.717) is 13.1 Å². The molecule has 0 aliphatic rings. The number of aliphatic imine (C=N–C) groups is 1. The van der Waals surface area contributed by atoms with Gasteiger partial charge in [-0.25, -0.2) is 14.1 Å². The van der Waals surface area contributed by atoms with Crippen LogP contribution in [0.4, 0.5) is 4.39 Å². The lowest BCUT2D eigenvalue weighted by atomic mass is 10.1. The lowest BCUT2D eigenvalue weighted by Gasteiger charge is -2.11. The van der Waals surface area contributed by atoms with Crippen LogP contribution in [0.2, 0.25) is 0 Å². The van der Waals surface area contributed by atoms with E-state index in [1.54, 1.807) is 18.3 Å². The Labute approximate surface area is 182 Å². The number of aromatic nitrogens is 2. The van der Waals surface area contributed by atoms with Crippen LogP contribution in [0, 0.1) is 5.82 Å². The average molecular weight is 493 g/mol. The molecule has 3 aromatic rings. The molecule has 0 aliphatic heterocycles. The van der Waals surface area contributed by atoms with Crippen molar-refractivity contribution in [2.75, 3.05) is 13.1 Å². The van der Waals surface area contributed by atoms with Crippen molar-refractivity contribution in [3.05, 3.63) is 83.9 Å². The zero-order valence-electron chi connectivity index (χ0n) is 15.8. The molecular formula is C21H25FIN5. The molecule has 0 atom stereocenters. The number of rotatable bonds is 7. The lowest BCUT2D eigenvalue weighted by molar-refractivity contribution is 0.625. The predicted octanol–water partition coefficient (Wildman–Crippen LogP) is 3.93. The molecule has 0 aliphatic carbocycles. The van der Waals surface area contributed by atoms with E-state index in [1.165, 1.54) is 6.07 Å². The molecule has 28 heavy (non-hydrogen) atoms. The Kier molecular flexibility index (Phi) is 8.93. The van der Waals surface area contributed by atoms with Crippen LogP contribution >= 0.6 is 24.0 Å². The molecule has 0 amide bonds. The van der Waals surface area contributed by atoms with Gasteiger partial charge in [-0.2, -0.15) is 5.10 Å². The summed E-state index contributed by atoms with van der Waals surface area (Å²) in [5.74, 6) is 0.552. The van der Waals surface area contributed by atoms with Gasteiger partial charge in [0.05, 0.1) is 12.2 Å². The second-order valence-electron chi connectivity index (χ2n) is 6.12. The maximum absolute atomic E-state index is 13.2. The molecular weight excluding hydrogens is 468 g/mol. The van der Waals surface area contributed by atoms with E-state index in [4.69, 9.17) is 0 Å². The van der Waals surface area contributed by atoms with E-state index in [0.717, 1.165) is 35.7 Å². The molecule has 0 spiro atoms. The lowest BCUT2D eigenvalue weighted by Crippen LogP contribution is -2.38. The molecule has 0 saturated heterocycles. The monoisotopic (exact) mass is 493 g/mol. The minimum atomic E-state index is -0.202. The van der Waals surface area contributed by atoms with Crippen LogP contribution < -0.4 is 10.6 Å². The van der Waals surface area contributed by atoms with E-state index in [2.05, 4.69) is 32.9 Å². The van der Waals surface area contributed by atoms with Crippen molar-refractivity contribution in [3.8, 4) is 5.69 Å². The first-order chi connectivity index (χ1) is 13.2. The van der Waals surface area contributed by atoms with Crippen molar-refractivity contribution >= 4 is 29.9 Å². The Balaban J connectivity index is 0.00000280. The number of halogens is 2. The molecule has 2 aromatic carbocycles. The second kappa shape index (κ2) is 11.4. The van der Waals surface area contributed by atoms with Crippen LogP contribution in [0.15, 0.2) is 72.0 Å². The summed E-state index contributed by atoms with van der Waals surface area (Å²) < 4.78 is 15.1. The summed E-state index contributed by atoms with van der Waals surface area (Å²) in [6.45, 7) is 4.08. The van der Waals surface area contributed by atoms with Crippen molar-refractivity contribution < 1.29 is 4.39 Å². The molecule has 0 unspecified atom stereocenters. The third-order valence-corrected chi connectivity index (χ3v) is 4.06. The summed E-state index contributed by atoms with van der Waals surface area (Å²) in [4.78, 5) is 4.62. The molecule has 0 radical (unpaired) electrons. The second-order valence-corrected chi connectivity index (χ2v) is 6.12. The van der Waals surface area contributed by atoms with Crippen LogP contribution in [-0.2, 0) is 13.0 Å². The summed E-state index contributed by atoms with van der Waals surface area (Å²) in [6.07, 6.45) is 4.41. The van der Waals surface area contributed by atoms with Gasteiger partial charge in [0.15, 0.2) is 5.96 Å². The zero-order chi connectivity index (χ0) is 18.9. The Morgan fingerprint density at radius 3 is 2.57 bits per heavy atom. The molecule has 0 bridgehead atoms. The van der Waals surface area contributed by atoms with Gasteiger partial charge in [-0.1, -0.05) is 24.3 Å². The van der Waals surface area contributed by atoms with Gasteiger partial charge >= 0.3 is 0 Å². The maximum Gasteiger partial charge on any atom is 0.191 e. The minimum absolute atomic E-state index is 0. The van der Waals surface area contributed by atoms with Crippen molar-refractivity contribution in [2.45, 2.75) is 19.9 Å². The first-order valence-corrected chi connectivity index (χ1v) is 9.10. The zero-order valence-corrected chi connectivity index (χ0v) is 18.1. The summed E-state index contributed by atoms with van der Waals surface area (Å²) in [7, 11) is 0.